The minimum atomic E-state index is -0.208. The zero-order chi connectivity index (χ0) is 20.6. The summed E-state index contributed by atoms with van der Waals surface area (Å²) in [5.74, 6) is 1.33. The van der Waals surface area contributed by atoms with E-state index in [9.17, 15) is 4.79 Å². The number of amides is 1. The Morgan fingerprint density at radius 3 is 2.93 bits per heavy atom. The number of thiazole rings is 1. The number of hydrogen-bond donors (Lipinski definition) is 2. The molecule has 7 nitrogen and oxygen atoms in total. The molecule has 1 aromatic carbocycles. The van der Waals surface area contributed by atoms with E-state index in [0.717, 1.165) is 30.1 Å². The van der Waals surface area contributed by atoms with Gasteiger partial charge in [-0.3, -0.25) is 19.8 Å². The molecule has 9 heteroatoms. The molecule has 0 bridgehead atoms. The molecule has 0 aliphatic carbocycles. The number of rotatable bonds is 10. The number of hydrogen-bond acceptors (Lipinski definition) is 6. The molecule has 152 valence electrons. The maximum Gasteiger partial charge on any atom is 0.257 e. The van der Waals surface area contributed by atoms with E-state index in [1.807, 2.05) is 9.95 Å². The van der Waals surface area contributed by atoms with Gasteiger partial charge in [-0.2, -0.15) is 5.10 Å². The van der Waals surface area contributed by atoms with Gasteiger partial charge in [0.2, 0.25) is 0 Å². The molecule has 0 aliphatic heterocycles. The molecule has 0 radical (unpaired) electrons. The first kappa shape index (κ1) is 20.9. The number of unbranched alkanes of at least 4 members (excludes halogenated alkanes) is 1. The van der Waals surface area contributed by atoms with Crippen LogP contribution in [0.2, 0.25) is 0 Å². The largest absolute Gasteiger partial charge is 0.494 e. The monoisotopic (exact) mass is 429 g/mol. The van der Waals surface area contributed by atoms with Gasteiger partial charge in [0.15, 0.2) is 9.90 Å². The molecule has 0 atom stereocenters. The van der Waals surface area contributed by atoms with Crippen LogP contribution in [0.3, 0.4) is 0 Å². The van der Waals surface area contributed by atoms with Crippen LogP contribution in [0.25, 0.3) is 0 Å². The SMILES string of the molecule is C=CCn1c(Cc2csc(NC(=O)c3ccc(OCCCC)cc3)n2)n[nH]c1=S. The van der Waals surface area contributed by atoms with E-state index in [1.165, 1.54) is 11.3 Å². The quantitative estimate of drug-likeness (QED) is 0.279. The molecule has 0 saturated heterocycles. The number of benzene rings is 1. The van der Waals surface area contributed by atoms with E-state index < -0.39 is 0 Å². The molecule has 0 unspecified atom stereocenters. The Hall–Kier alpha value is -2.78. The Bertz CT molecular complexity index is 1020. The Balaban J connectivity index is 1.60. The molecular weight excluding hydrogens is 406 g/mol. The van der Waals surface area contributed by atoms with Gasteiger partial charge in [0.25, 0.3) is 5.91 Å². The number of ether oxygens (including phenoxy) is 1. The number of carbonyl (C=O) groups is 1. The molecule has 0 fully saturated rings. The third kappa shape index (κ3) is 5.61. The van der Waals surface area contributed by atoms with Crippen molar-refractivity contribution in [1.29, 1.82) is 0 Å². The minimum Gasteiger partial charge on any atom is -0.494 e. The van der Waals surface area contributed by atoms with Gasteiger partial charge in [0, 0.05) is 17.5 Å². The zero-order valence-corrected chi connectivity index (χ0v) is 17.8. The molecular formula is C20H23N5O2S2. The first-order chi connectivity index (χ1) is 14.1. The van der Waals surface area contributed by atoms with Gasteiger partial charge in [-0.1, -0.05) is 19.4 Å². The van der Waals surface area contributed by atoms with Gasteiger partial charge in [-0.05, 0) is 42.9 Å². The van der Waals surface area contributed by atoms with Crippen LogP contribution < -0.4 is 10.1 Å². The molecule has 3 rings (SSSR count). The molecule has 3 aromatic rings. The third-order valence-corrected chi connectivity index (χ3v) is 5.26. The Kier molecular flexibility index (Phi) is 7.31. The zero-order valence-electron chi connectivity index (χ0n) is 16.2. The van der Waals surface area contributed by atoms with Crippen molar-refractivity contribution < 1.29 is 9.53 Å². The standard InChI is InChI=1S/C20H23N5O2S2/c1-3-5-11-27-16-8-6-14(7-9-16)18(26)22-19-21-15(13-29-19)12-17-23-24-20(28)25(17)10-4-2/h4,6-9,13H,2-3,5,10-12H2,1H3,(H,24,28)(H,21,22,26). The topological polar surface area (TPSA) is 84.8 Å². The van der Waals surface area contributed by atoms with Crippen LogP contribution in [-0.2, 0) is 13.0 Å². The fourth-order valence-electron chi connectivity index (χ4n) is 2.62. The van der Waals surface area contributed by atoms with Crippen LogP contribution in [0.4, 0.5) is 5.13 Å². The van der Waals surface area contributed by atoms with Crippen LogP contribution in [0, 0.1) is 4.77 Å². The average Bonchev–Trinajstić information content (AvgIpc) is 3.30. The Morgan fingerprint density at radius 2 is 2.21 bits per heavy atom. The summed E-state index contributed by atoms with van der Waals surface area (Å²) in [6.07, 6.45) is 4.37. The smallest absolute Gasteiger partial charge is 0.257 e. The van der Waals surface area contributed by atoms with Crippen molar-refractivity contribution in [2.45, 2.75) is 32.7 Å². The van der Waals surface area contributed by atoms with Gasteiger partial charge in [-0.25, -0.2) is 4.98 Å². The number of anilines is 1. The highest BCUT2D eigenvalue weighted by Crippen LogP contribution is 2.19. The van der Waals surface area contributed by atoms with Crippen molar-refractivity contribution in [2.75, 3.05) is 11.9 Å². The van der Waals surface area contributed by atoms with Crippen molar-refractivity contribution in [1.82, 2.24) is 19.7 Å². The minimum absolute atomic E-state index is 0.208. The molecule has 2 N–H and O–H groups in total. The van der Waals surface area contributed by atoms with Crippen LogP contribution in [-0.4, -0.2) is 32.3 Å². The normalized spacial score (nSPS) is 10.7. The predicted molar refractivity (Wildman–Crippen MR) is 117 cm³/mol. The lowest BCUT2D eigenvalue weighted by atomic mass is 10.2. The number of nitrogens with zero attached hydrogens (tertiary/aromatic N) is 3. The molecule has 29 heavy (non-hydrogen) atoms. The van der Waals surface area contributed by atoms with Crippen LogP contribution in [0.15, 0.2) is 42.3 Å². The lowest BCUT2D eigenvalue weighted by Crippen LogP contribution is -2.11. The summed E-state index contributed by atoms with van der Waals surface area (Å²) in [6, 6.07) is 7.11. The summed E-state index contributed by atoms with van der Waals surface area (Å²) in [7, 11) is 0. The summed E-state index contributed by atoms with van der Waals surface area (Å²) in [5.41, 5.74) is 1.36. The molecule has 0 spiro atoms. The van der Waals surface area contributed by atoms with Crippen molar-refractivity contribution in [3.63, 3.8) is 0 Å². The van der Waals surface area contributed by atoms with Crippen molar-refractivity contribution in [3.8, 4) is 5.75 Å². The van der Waals surface area contributed by atoms with E-state index in [2.05, 4.69) is 34.0 Å². The van der Waals surface area contributed by atoms with E-state index in [1.54, 1.807) is 30.3 Å². The van der Waals surface area contributed by atoms with Crippen LogP contribution in [0.1, 0.15) is 41.6 Å². The van der Waals surface area contributed by atoms with Crippen molar-refractivity contribution in [3.05, 3.63) is 64.2 Å². The lowest BCUT2D eigenvalue weighted by molar-refractivity contribution is 0.102. The molecule has 0 aliphatic rings. The third-order valence-electron chi connectivity index (χ3n) is 4.14. The van der Waals surface area contributed by atoms with Gasteiger partial charge in [0.1, 0.15) is 11.6 Å². The van der Waals surface area contributed by atoms with Crippen molar-refractivity contribution in [2.24, 2.45) is 0 Å². The number of H-pyrrole nitrogens is 1. The lowest BCUT2D eigenvalue weighted by Gasteiger charge is -2.06. The first-order valence-electron chi connectivity index (χ1n) is 9.34. The second-order valence-corrected chi connectivity index (χ2v) is 7.59. The number of allylic oxidation sites excluding steroid dienone is 1. The Labute approximate surface area is 178 Å². The maximum absolute atomic E-state index is 12.5. The van der Waals surface area contributed by atoms with Crippen molar-refractivity contribution >= 4 is 34.6 Å². The summed E-state index contributed by atoms with van der Waals surface area (Å²) in [5, 5.41) is 12.3. The van der Waals surface area contributed by atoms with Gasteiger partial charge >= 0.3 is 0 Å². The van der Waals surface area contributed by atoms with Gasteiger partial charge < -0.3 is 4.74 Å². The number of aromatic amines is 1. The highest BCUT2D eigenvalue weighted by molar-refractivity contribution is 7.71. The summed E-state index contributed by atoms with van der Waals surface area (Å²) in [6.45, 7) is 7.11. The van der Waals surface area contributed by atoms with E-state index in [0.29, 0.717) is 35.0 Å². The first-order valence-corrected chi connectivity index (χ1v) is 10.6. The summed E-state index contributed by atoms with van der Waals surface area (Å²) < 4.78 is 8.03. The highest BCUT2D eigenvalue weighted by atomic mass is 32.1. The van der Waals surface area contributed by atoms with Gasteiger partial charge in [-0.15, -0.1) is 17.9 Å². The van der Waals surface area contributed by atoms with Crippen LogP contribution in [0.5, 0.6) is 5.75 Å². The second kappa shape index (κ2) is 10.1. The number of carbonyl (C=O) groups excluding carboxylic acids is 1. The number of aromatic nitrogens is 4. The van der Waals surface area contributed by atoms with E-state index >= 15 is 0 Å². The summed E-state index contributed by atoms with van der Waals surface area (Å²) >= 11 is 6.60. The molecule has 0 saturated carbocycles. The number of nitrogens with one attached hydrogen (secondary N) is 2. The maximum atomic E-state index is 12.5. The fraction of sp³-hybridized carbons (Fsp3) is 0.300. The highest BCUT2D eigenvalue weighted by Gasteiger charge is 2.12. The Morgan fingerprint density at radius 1 is 1.41 bits per heavy atom. The van der Waals surface area contributed by atoms with E-state index in [-0.39, 0.29) is 5.91 Å². The summed E-state index contributed by atoms with van der Waals surface area (Å²) in [4.78, 5) is 16.9. The average molecular weight is 430 g/mol. The molecule has 2 aromatic heterocycles. The van der Waals surface area contributed by atoms with E-state index in [4.69, 9.17) is 17.0 Å². The van der Waals surface area contributed by atoms with Crippen LogP contribution >= 0.6 is 23.6 Å². The predicted octanol–water partition coefficient (Wildman–Crippen LogP) is 4.61. The second-order valence-electron chi connectivity index (χ2n) is 6.35. The molecule has 2 heterocycles. The van der Waals surface area contributed by atoms with Gasteiger partial charge in [0.05, 0.1) is 18.7 Å². The fourth-order valence-corrected chi connectivity index (χ4v) is 3.55. The molecule has 1 amide bonds.